The maximum absolute atomic E-state index is 14.2. The molecule has 0 heterocycles. The average molecular weight is 655 g/mol. The monoisotopic (exact) mass is 653 g/mol. The number of nitrogens with one attached hydrogen (secondary N) is 1. The van der Waals surface area contributed by atoms with Crippen molar-refractivity contribution < 1.29 is 22.7 Å². The summed E-state index contributed by atoms with van der Waals surface area (Å²) in [6.07, 6.45) is 1.84. The van der Waals surface area contributed by atoms with Crippen LogP contribution in [0.2, 0.25) is 15.1 Å². The molecule has 3 aromatic carbocycles. The molecule has 12 heteroatoms. The molecular formula is C30H34Cl3N3O5S. The number of halogens is 3. The Morgan fingerprint density at radius 2 is 1.60 bits per heavy atom. The SMILES string of the molecule is CC[C@H](C)NC(=O)[C@H](Cc1ccccc1)N(Cc1c(Cl)cccc1Cl)C(=O)CN(c1ccc(OC)c(Cl)c1)S(C)(=O)=O. The highest BCUT2D eigenvalue weighted by Gasteiger charge is 2.34. The van der Waals surface area contributed by atoms with E-state index in [0.717, 1.165) is 16.1 Å². The van der Waals surface area contributed by atoms with Crippen molar-refractivity contribution in [3.8, 4) is 5.75 Å². The van der Waals surface area contributed by atoms with E-state index < -0.39 is 28.5 Å². The van der Waals surface area contributed by atoms with E-state index in [0.29, 0.717) is 27.8 Å². The molecule has 8 nitrogen and oxygen atoms in total. The Balaban J connectivity index is 2.12. The molecule has 0 aromatic heterocycles. The first-order valence-electron chi connectivity index (χ1n) is 13.2. The van der Waals surface area contributed by atoms with E-state index in [1.807, 2.05) is 44.2 Å². The molecule has 0 unspecified atom stereocenters. The van der Waals surface area contributed by atoms with Crippen molar-refractivity contribution in [1.29, 1.82) is 0 Å². The largest absolute Gasteiger partial charge is 0.495 e. The van der Waals surface area contributed by atoms with Crippen LogP contribution in [0.25, 0.3) is 0 Å². The van der Waals surface area contributed by atoms with E-state index in [4.69, 9.17) is 39.5 Å². The molecule has 226 valence electrons. The number of amides is 2. The van der Waals surface area contributed by atoms with Crippen LogP contribution in [-0.4, -0.2) is 57.1 Å². The molecule has 3 rings (SSSR count). The van der Waals surface area contributed by atoms with Gasteiger partial charge in [-0.25, -0.2) is 8.42 Å². The highest BCUT2D eigenvalue weighted by molar-refractivity contribution is 7.92. The fraction of sp³-hybridized carbons (Fsp3) is 0.333. The molecule has 0 aliphatic heterocycles. The highest BCUT2D eigenvalue weighted by Crippen LogP contribution is 2.31. The predicted molar refractivity (Wildman–Crippen MR) is 169 cm³/mol. The second kappa shape index (κ2) is 15.0. The minimum Gasteiger partial charge on any atom is -0.495 e. The number of methoxy groups -OCH3 is 1. The number of hydrogen-bond acceptors (Lipinski definition) is 5. The minimum atomic E-state index is -3.97. The van der Waals surface area contributed by atoms with Crippen molar-refractivity contribution in [3.63, 3.8) is 0 Å². The third-order valence-electron chi connectivity index (χ3n) is 6.76. The first-order valence-corrected chi connectivity index (χ1v) is 16.2. The molecule has 0 bridgehead atoms. The van der Waals surface area contributed by atoms with Gasteiger partial charge in [-0.05, 0) is 49.2 Å². The Kier molecular flexibility index (Phi) is 11.9. The number of anilines is 1. The van der Waals surface area contributed by atoms with Crippen LogP contribution in [0, 0.1) is 0 Å². The van der Waals surface area contributed by atoms with Gasteiger partial charge in [-0.3, -0.25) is 13.9 Å². The fourth-order valence-corrected chi connectivity index (χ4v) is 5.88. The Labute approximate surface area is 262 Å². The molecule has 0 saturated carbocycles. The predicted octanol–water partition coefficient (Wildman–Crippen LogP) is 5.98. The molecule has 0 aliphatic carbocycles. The summed E-state index contributed by atoms with van der Waals surface area (Å²) in [7, 11) is -2.53. The van der Waals surface area contributed by atoms with Gasteiger partial charge in [-0.15, -0.1) is 0 Å². The van der Waals surface area contributed by atoms with Crippen LogP contribution >= 0.6 is 34.8 Å². The Morgan fingerprint density at radius 3 is 2.14 bits per heavy atom. The fourth-order valence-electron chi connectivity index (χ4n) is 4.27. The van der Waals surface area contributed by atoms with Gasteiger partial charge in [0.1, 0.15) is 18.3 Å². The molecule has 2 amide bonds. The van der Waals surface area contributed by atoms with Gasteiger partial charge in [0.2, 0.25) is 21.8 Å². The first-order chi connectivity index (χ1) is 19.8. The van der Waals surface area contributed by atoms with Crippen LogP contribution in [0.15, 0.2) is 66.7 Å². The molecule has 42 heavy (non-hydrogen) atoms. The van der Waals surface area contributed by atoms with Gasteiger partial charge in [0.15, 0.2) is 0 Å². The van der Waals surface area contributed by atoms with Crippen molar-refractivity contribution in [3.05, 3.63) is 92.9 Å². The van der Waals surface area contributed by atoms with Gasteiger partial charge < -0.3 is 15.0 Å². The summed E-state index contributed by atoms with van der Waals surface area (Å²) >= 11 is 19.3. The maximum atomic E-state index is 14.2. The summed E-state index contributed by atoms with van der Waals surface area (Å²) in [5, 5.41) is 3.76. The molecule has 0 spiro atoms. The molecule has 0 saturated heterocycles. The lowest BCUT2D eigenvalue weighted by atomic mass is 10.0. The van der Waals surface area contributed by atoms with Crippen LogP contribution < -0.4 is 14.4 Å². The maximum Gasteiger partial charge on any atom is 0.244 e. The number of hydrogen-bond donors (Lipinski definition) is 1. The zero-order chi connectivity index (χ0) is 31.0. The summed E-state index contributed by atoms with van der Waals surface area (Å²) in [4.78, 5) is 29.3. The third-order valence-corrected chi connectivity index (χ3v) is 8.91. The Bertz CT molecular complexity index is 1490. The summed E-state index contributed by atoms with van der Waals surface area (Å²) in [6.45, 7) is 3.07. The molecule has 0 radical (unpaired) electrons. The second-order valence-electron chi connectivity index (χ2n) is 9.83. The van der Waals surface area contributed by atoms with Crippen LogP contribution in [0.3, 0.4) is 0 Å². The van der Waals surface area contributed by atoms with Gasteiger partial charge in [-0.2, -0.15) is 0 Å². The lowest BCUT2D eigenvalue weighted by Gasteiger charge is -2.34. The minimum absolute atomic E-state index is 0.135. The van der Waals surface area contributed by atoms with Crippen molar-refractivity contribution in [2.45, 2.75) is 45.3 Å². The smallest absolute Gasteiger partial charge is 0.244 e. The quantitative estimate of drug-likeness (QED) is 0.245. The van der Waals surface area contributed by atoms with Crippen LogP contribution in [0.5, 0.6) is 5.75 Å². The molecule has 0 fully saturated rings. The third kappa shape index (κ3) is 8.77. The molecular weight excluding hydrogens is 621 g/mol. The zero-order valence-corrected chi connectivity index (χ0v) is 26.9. The van der Waals surface area contributed by atoms with Crippen LogP contribution in [0.1, 0.15) is 31.4 Å². The van der Waals surface area contributed by atoms with Gasteiger partial charge in [0.25, 0.3) is 0 Å². The first kappa shape index (κ1) is 33.5. The Morgan fingerprint density at radius 1 is 0.952 bits per heavy atom. The van der Waals surface area contributed by atoms with Crippen molar-refractivity contribution in [2.75, 3.05) is 24.2 Å². The number of rotatable bonds is 13. The number of sulfonamides is 1. The van der Waals surface area contributed by atoms with E-state index in [-0.39, 0.29) is 35.6 Å². The standard InChI is InChI=1S/C30H34Cl3N3O5S/c1-5-20(2)34-30(38)27(16-21-10-7-6-8-11-21)35(18-23-24(31)12-9-13-25(23)32)29(37)19-36(42(4,39)40)22-14-15-28(41-3)26(33)17-22/h6-15,17,20,27H,5,16,18-19H2,1-4H3,(H,34,38)/t20-,27-/m0/s1. The van der Waals surface area contributed by atoms with Crippen molar-refractivity contribution in [1.82, 2.24) is 10.2 Å². The molecule has 1 N–H and O–H groups in total. The average Bonchev–Trinajstić information content (AvgIpc) is 2.94. The molecule has 0 aliphatic rings. The molecule has 2 atom stereocenters. The number of ether oxygens (including phenoxy) is 1. The van der Waals surface area contributed by atoms with Crippen LogP contribution in [-0.2, 0) is 32.6 Å². The summed E-state index contributed by atoms with van der Waals surface area (Å²) < 4.78 is 32.0. The normalized spacial score (nSPS) is 12.7. The summed E-state index contributed by atoms with van der Waals surface area (Å²) in [5.74, 6) is -0.675. The second-order valence-corrected chi connectivity index (χ2v) is 13.0. The summed E-state index contributed by atoms with van der Waals surface area (Å²) in [6, 6.07) is 17.4. The van der Waals surface area contributed by atoms with Gasteiger partial charge in [-0.1, -0.05) is 78.1 Å². The highest BCUT2D eigenvalue weighted by atomic mass is 35.5. The number of nitrogens with zero attached hydrogens (tertiary/aromatic N) is 2. The van der Waals surface area contributed by atoms with Gasteiger partial charge >= 0.3 is 0 Å². The van der Waals surface area contributed by atoms with E-state index in [9.17, 15) is 18.0 Å². The van der Waals surface area contributed by atoms with Gasteiger partial charge in [0.05, 0.1) is 24.1 Å². The Hall–Kier alpha value is -2.98. The van der Waals surface area contributed by atoms with E-state index in [1.54, 1.807) is 18.2 Å². The number of benzene rings is 3. The number of carbonyl (C=O) groups is 2. The lowest BCUT2D eigenvalue weighted by molar-refractivity contribution is -0.140. The van der Waals surface area contributed by atoms with E-state index in [1.165, 1.54) is 30.2 Å². The van der Waals surface area contributed by atoms with Gasteiger partial charge in [0, 0.05) is 34.6 Å². The molecule has 3 aromatic rings. The lowest BCUT2D eigenvalue weighted by Crippen LogP contribution is -2.54. The van der Waals surface area contributed by atoms with E-state index in [2.05, 4.69) is 5.32 Å². The van der Waals surface area contributed by atoms with E-state index >= 15 is 0 Å². The van der Waals surface area contributed by atoms with Crippen molar-refractivity contribution >= 4 is 62.3 Å². The van der Waals surface area contributed by atoms with Crippen LogP contribution in [0.4, 0.5) is 5.69 Å². The van der Waals surface area contributed by atoms with Crippen molar-refractivity contribution in [2.24, 2.45) is 0 Å². The zero-order valence-electron chi connectivity index (χ0n) is 23.8. The summed E-state index contributed by atoms with van der Waals surface area (Å²) in [5.41, 5.74) is 1.41. The topological polar surface area (TPSA) is 96.0 Å². The number of carbonyl (C=O) groups excluding carboxylic acids is 2.